The number of nitrogens with zero attached hydrogens (tertiary/aromatic N) is 1. The fraction of sp³-hybridized carbons (Fsp3) is 0.519. The Balaban J connectivity index is 1.82. The van der Waals surface area contributed by atoms with Gasteiger partial charge in [0, 0.05) is 9.75 Å². The highest BCUT2D eigenvalue weighted by atomic mass is 32.1. The average Bonchev–Trinajstić information content (AvgIpc) is 3.31. The number of hydrogen-bond acceptors (Lipinski definition) is 3. The van der Waals surface area contributed by atoms with Crippen molar-refractivity contribution >= 4 is 22.7 Å². The maximum absolute atomic E-state index is 5.17. The van der Waals surface area contributed by atoms with Gasteiger partial charge in [0.05, 0.1) is 21.1 Å². The molecule has 0 fully saturated rings. The van der Waals surface area contributed by atoms with Gasteiger partial charge in [-0.2, -0.15) is 0 Å². The maximum Gasteiger partial charge on any atom is 0.0812 e. The second-order valence-electron chi connectivity index (χ2n) is 8.45. The Morgan fingerprint density at radius 1 is 0.667 bits per heavy atom. The lowest BCUT2D eigenvalue weighted by molar-refractivity contribution is 0.667. The number of hydrogen-bond donors (Lipinski definition) is 0. The summed E-state index contributed by atoms with van der Waals surface area (Å²) in [6, 6.07) is 11.4. The normalized spacial score (nSPS) is 11.3. The molecule has 0 saturated carbocycles. The number of aromatic nitrogens is 1. The van der Waals surface area contributed by atoms with Crippen molar-refractivity contribution in [3.8, 4) is 21.1 Å². The van der Waals surface area contributed by atoms with E-state index in [1.165, 1.54) is 94.8 Å². The summed E-state index contributed by atoms with van der Waals surface area (Å²) >= 11 is 3.81. The predicted molar refractivity (Wildman–Crippen MR) is 136 cm³/mol. The van der Waals surface area contributed by atoms with E-state index in [1.807, 2.05) is 22.7 Å². The van der Waals surface area contributed by atoms with Crippen molar-refractivity contribution in [2.24, 2.45) is 0 Å². The van der Waals surface area contributed by atoms with Crippen LogP contribution in [0, 0.1) is 13.8 Å². The SMILES string of the molecule is CCCCCCc1cc(C)sc1-c1cccc(-c2sc(C)cc2CCCCCC)n1. The van der Waals surface area contributed by atoms with E-state index in [-0.39, 0.29) is 0 Å². The Morgan fingerprint density at radius 3 is 1.57 bits per heavy atom. The fourth-order valence-electron chi connectivity index (χ4n) is 4.11. The molecule has 0 aliphatic heterocycles. The minimum Gasteiger partial charge on any atom is -0.246 e. The summed E-state index contributed by atoms with van der Waals surface area (Å²) < 4.78 is 0. The molecule has 162 valence electrons. The van der Waals surface area contributed by atoms with Crippen molar-refractivity contribution in [3.63, 3.8) is 0 Å². The van der Waals surface area contributed by atoms with E-state index in [0.29, 0.717) is 0 Å². The number of aryl methyl sites for hydroxylation is 4. The summed E-state index contributed by atoms with van der Waals surface area (Å²) in [6.07, 6.45) is 12.8. The van der Waals surface area contributed by atoms with Crippen LogP contribution in [0.2, 0.25) is 0 Å². The fourth-order valence-corrected chi connectivity index (χ4v) is 6.18. The van der Waals surface area contributed by atoms with Crippen LogP contribution in [0.25, 0.3) is 21.1 Å². The molecule has 3 heterocycles. The van der Waals surface area contributed by atoms with Gasteiger partial charge < -0.3 is 0 Å². The molecule has 0 atom stereocenters. The first-order chi connectivity index (χ1) is 14.6. The van der Waals surface area contributed by atoms with Gasteiger partial charge in [-0.1, -0.05) is 58.4 Å². The quantitative estimate of drug-likeness (QED) is 0.256. The minimum absolute atomic E-state index is 1.15. The van der Waals surface area contributed by atoms with Crippen LogP contribution in [0.3, 0.4) is 0 Å². The van der Waals surface area contributed by atoms with Gasteiger partial charge in [0.15, 0.2) is 0 Å². The van der Waals surface area contributed by atoms with Gasteiger partial charge in [-0.15, -0.1) is 22.7 Å². The van der Waals surface area contributed by atoms with Crippen molar-refractivity contribution in [1.82, 2.24) is 4.98 Å². The van der Waals surface area contributed by atoms with E-state index >= 15 is 0 Å². The van der Waals surface area contributed by atoms with Crippen molar-refractivity contribution in [2.75, 3.05) is 0 Å². The minimum atomic E-state index is 1.15. The molecule has 3 heteroatoms. The van der Waals surface area contributed by atoms with Crippen LogP contribution in [0.4, 0.5) is 0 Å². The molecule has 3 aromatic heterocycles. The summed E-state index contributed by atoms with van der Waals surface area (Å²) in [7, 11) is 0. The van der Waals surface area contributed by atoms with E-state index in [1.54, 1.807) is 0 Å². The Hall–Kier alpha value is -1.45. The van der Waals surface area contributed by atoms with Crippen LogP contribution in [-0.4, -0.2) is 4.98 Å². The smallest absolute Gasteiger partial charge is 0.0812 e. The number of thiophene rings is 2. The van der Waals surface area contributed by atoms with Crippen molar-refractivity contribution in [1.29, 1.82) is 0 Å². The molecular weight excluding hydrogens is 402 g/mol. The van der Waals surface area contributed by atoms with Crippen LogP contribution < -0.4 is 0 Å². The zero-order valence-corrected chi connectivity index (χ0v) is 20.9. The molecule has 0 bridgehead atoms. The molecule has 0 spiro atoms. The van der Waals surface area contributed by atoms with E-state index < -0.39 is 0 Å². The zero-order chi connectivity index (χ0) is 21.3. The average molecular weight is 440 g/mol. The number of pyridine rings is 1. The standard InChI is InChI=1S/C27H37NS2/c1-5-7-9-11-14-22-18-20(3)29-26(22)24-16-13-17-25(28-24)27-23(19-21(4)30-27)15-12-10-8-6-2/h13,16-19H,5-12,14-15H2,1-4H3. The first-order valence-corrected chi connectivity index (χ1v) is 13.4. The number of unbranched alkanes of at least 4 members (excludes halogenated alkanes) is 6. The summed E-state index contributed by atoms with van der Waals surface area (Å²) in [5, 5.41) is 0. The third-order valence-corrected chi connectivity index (χ3v) is 7.91. The van der Waals surface area contributed by atoms with Crippen LogP contribution in [0.15, 0.2) is 30.3 Å². The molecule has 3 rings (SSSR count). The van der Waals surface area contributed by atoms with Crippen LogP contribution in [-0.2, 0) is 12.8 Å². The highest BCUT2D eigenvalue weighted by molar-refractivity contribution is 7.16. The molecule has 0 radical (unpaired) electrons. The first-order valence-electron chi connectivity index (χ1n) is 11.8. The van der Waals surface area contributed by atoms with Gasteiger partial charge in [-0.3, -0.25) is 0 Å². The molecule has 0 N–H and O–H groups in total. The highest BCUT2D eigenvalue weighted by Crippen LogP contribution is 2.36. The van der Waals surface area contributed by atoms with Crippen LogP contribution >= 0.6 is 22.7 Å². The molecule has 0 aliphatic carbocycles. The van der Waals surface area contributed by atoms with Crippen molar-refractivity contribution < 1.29 is 0 Å². The molecule has 0 saturated heterocycles. The highest BCUT2D eigenvalue weighted by Gasteiger charge is 2.15. The molecule has 0 aliphatic rings. The molecule has 0 aromatic carbocycles. The topological polar surface area (TPSA) is 12.9 Å². The maximum atomic E-state index is 5.17. The van der Waals surface area contributed by atoms with Crippen molar-refractivity contribution in [2.45, 2.75) is 91.9 Å². The van der Waals surface area contributed by atoms with Crippen molar-refractivity contribution in [3.05, 3.63) is 51.2 Å². The zero-order valence-electron chi connectivity index (χ0n) is 19.2. The number of rotatable bonds is 12. The Bertz CT molecular complexity index is 847. The van der Waals surface area contributed by atoms with Crippen LogP contribution in [0.5, 0.6) is 0 Å². The summed E-state index contributed by atoms with van der Waals surface area (Å²) in [5.41, 5.74) is 5.28. The van der Waals surface area contributed by atoms with Gasteiger partial charge in [-0.25, -0.2) is 4.98 Å². The van der Waals surface area contributed by atoms with Gasteiger partial charge in [0.1, 0.15) is 0 Å². The monoisotopic (exact) mass is 439 g/mol. The molecule has 1 nitrogen and oxygen atoms in total. The third kappa shape index (κ3) is 6.28. The second-order valence-corrected chi connectivity index (χ2v) is 11.0. The largest absolute Gasteiger partial charge is 0.246 e. The Labute approximate surface area is 191 Å². The van der Waals surface area contributed by atoms with Gasteiger partial charge in [0.25, 0.3) is 0 Å². The van der Waals surface area contributed by atoms with E-state index in [2.05, 4.69) is 58.0 Å². The molecule has 0 amide bonds. The molecule has 30 heavy (non-hydrogen) atoms. The van der Waals surface area contributed by atoms with E-state index in [4.69, 9.17) is 4.98 Å². The summed E-state index contributed by atoms with van der Waals surface area (Å²) in [6.45, 7) is 9.01. The lowest BCUT2D eigenvalue weighted by Crippen LogP contribution is -1.92. The Morgan fingerprint density at radius 2 is 1.13 bits per heavy atom. The van der Waals surface area contributed by atoms with E-state index in [9.17, 15) is 0 Å². The van der Waals surface area contributed by atoms with E-state index in [0.717, 1.165) is 11.4 Å². The molecular formula is C27H37NS2. The van der Waals surface area contributed by atoms with Gasteiger partial charge in [0.2, 0.25) is 0 Å². The lowest BCUT2D eigenvalue weighted by Gasteiger charge is -2.07. The van der Waals surface area contributed by atoms with Gasteiger partial charge in [-0.05, 0) is 74.9 Å². The Kier molecular flexibility index (Phi) is 9.14. The lowest BCUT2D eigenvalue weighted by atomic mass is 10.0. The molecule has 0 unspecified atom stereocenters. The second kappa shape index (κ2) is 11.8. The molecule has 3 aromatic rings. The predicted octanol–water partition coefficient (Wildman–Crippen LogP) is 9.40. The third-order valence-electron chi connectivity index (χ3n) is 5.68. The first kappa shape index (κ1) is 23.2. The summed E-state index contributed by atoms with van der Waals surface area (Å²) in [4.78, 5) is 10.7. The van der Waals surface area contributed by atoms with Gasteiger partial charge >= 0.3 is 0 Å². The summed E-state index contributed by atoms with van der Waals surface area (Å²) in [5.74, 6) is 0. The van der Waals surface area contributed by atoms with Crippen LogP contribution in [0.1, 0.15) is 86.1 Å².